The van der Waals surface area contributed by atoms with Crippen molar-refractivity contribution in [2.45, 2.75) is 66.2 Å². The summed E-state index contributed by atoms with van der Waals surface area (Å²) in [5.74, 6) is 0. The van der Waals surface area contributed by atoms with Crippen molar-refractivity contribution < 1.29 is 0 Å². The fourth-order valence-electron chi connectivity index (χ4n) is 8.19. The van der Waals surface area contributed by atoms with Crippen molar-refractivity contribution in [2.24, 2.45) is 0 Å². The van der Waals surface area contributed by atoms with E-state index in [2.05, 4.69) is 201 Å². The van der Waals surface area contributed by atoms with Crippen LogP contribution in [0, 0.1) is 13.8 Å². The van der Waals surface area contributed by atoms with Gasteiger partial charge >= 0.3 is 299 Å². The Kier molecular flexibility index (Phi) is 8.60. The summed E-state index contributed by atoms with van der Waals surface area (Å²) < 4.78 is 12.7. The number of hydrogen-bond acceptors (Lipinski definition) is 0. The average molecular weight is 838 g/mol. The van der Waals surface area contributed by atoms with Gasteiger partial charge in [-0.05, 0) is 0 Å². The minimum absolute atomic E-state index is 0.0977. The SMILES string of the molecule is Cc1cc[c]([Sn]2([c]3ccc(C)cc3)[c]3cccc[c]3[Sn]([c]3ccc(C(C)(C)C)cc3)([c]3ccc(C(C)(C)C)cc3)[c]3cccc[c]32)cc1. The van der Waals surface area contributed by atoms with E-state index >= 15 is 0 Å². The summed E-state index contributed by atoms with van der Waals surface area (Å²) in [5.41, 5.74) is 5.60. The first-order chi connectivity index (χ1) is 22.9. The molecule has 0 N–H and O–H groups in total. The molecular formula is C46H48Sn2. The summed E-state index contributed by atoms with van der Waals surface area (Å²) in [6.07, 6.45) is 0. The van der Waals surface area contributed by atoms with Crippen LogP contribution in [-0.2, 0) is 10.8 Å². The Balaban J connectivity index is 1.66. The molecule has 0 nitrogen and oxygen atoms in total. The zero-order valence-corrected chi connectivity index (χ0v) is 35.6. The fraction of sp³-hybridized carbons (Fsp3) is 0.217. The molecule has 0 aromatic heterocycles. The van der Waals surface area contributed by atoms with Crippen LogP contribution in [0.25, 0.3) is 0 Å². The molecule has 1 heterocycles. The van der Waals surface area contributed by atoms with E-state index in [4.69, 9.17) is 0 Å². The summed E-state index contributed by atoms with van der Waals surface area (Å²) >= 11 is -7.79. The molecule has 0 bridgehead atoms. The van der Waals surface area contributed by atoms with Crippen LogP contribution in [0.4, 0.5) is 0 Å². The van der Waals surface area contributed by atoms with Crippen LogP contribution in [0.3, 0.4) is 0 Å². The van der Waals surface area contributed by atoms with E-state index in [9.17, 15) is 0 Å². The van der Waals surface area contributed by atoms with Gasteiger partial charge < -0.3 is 0 Å². The van der Waals surface area contributed by atoms with Gasteiger partial charge in [-0.2, -0.15) is 0 Å². The molecule has 0 fully saturated rings. The first-order valence-electron chi connectivity index (χ1n) is 17.4. The molecule has 48 heavy (non-hydrogen) atoms. The molecule has 240 valence electrons. The van der Waals surface area contributed by atoms with Gasteiger partial charge in [-0.3, -0.25) is 0 Å². The maximum atomic E-state index is 2.55. The molecule has 0 spiro atoms. The minimum atomic E-state index is -3.94. The normalized spacial score (nSPS) is 15.0. The second-order valence-corrected chi connectivity index (χ2v) is 37.3. The Hall–Kier alpha value is -3.08. The number of benzene rings is 6. The molecule has 7 rings (SSSR count). The topological polar surface area (TPSA) is 0 Å². The molecule has 0 radical (unpaired) electrons. The van der Waals surface area contributed by atoms with Gasteiger partial charge in [-0.15, -0.1) is 0 Å². The van der Waals surface area contributed by atoms with E-state index in [1.165, 1.54) is 36.6 Å². The molecule has 0 atom stereocenters. The van der Waals surface area contributed by atoms with E-state index in [1.54, 1.807) is 14.3 Å². The Morgan fingerprint density at radius 1 is 0.312 bits per heavy atom. The third-order valence-electron chi connectivity index (χ3n) is 10.8. The first-order valence-corrected chi connectivity index (χ1v) is 28.9. The van der Waals surface area contributed by atoms with Gasteiger partial charge in [0.15, 0.2) is 0 Å². The Bertz CT molecular complexity index is 1920. The predicted octanol–water partition coefficient (Wildman–Crippen LogP) is 5.97. The number of fused-ring (bicyclic) bond motifs is 2. The van der Waals surface area contributed by atoms with E-state index in [1.807, 2.05) is 0 Å². The number of aryl methyl sites for hydroxylation is 2. The summed E-state index contributed by atoms with van der Waals surface area (Å²) in [6, 6.07) is 58.5. The van der Waals surface area contributed by atoms with Crippen molar-refractivity contribution >= 4 is 65.4 Å². The van der Waals surface area contributed by atoms with Crippen LogP contribution in [0.1, 0.15) is 63.8 Å². The molecular weight excluding hydrogens is 790 g/mol. The second kappa shape index (κ2) is 12.4. The van der Waals surface area contributed by atoms with Gasteiger partial charge in [0, 0.05) is 0 Å². The molecule has 6 aromatic rings. The third kappa shape index (κ3) is 5.33. The molecule has 2 heteroatoms. The van der Waals surface area contributed by atoms with Crippen LogP contribution in [0.15, 0.2) is 146 Å². The molecule has 0 unspecified atom stereocenters. The molecule has 0 saturated carbocycles. The Morgan fingerprint density at radius 2 is 0.542 bits per heavy atom. The zero-order valence-electron chi connectivity index (χ0n) is 29.9. The summed E-state index contributed by atoms with van der Waals surface area (Å²) in [5, 5.41) is 0. The van der Waals surface area contributed by atoms with Crippen molar-refractivity contribution in [2.75, 3.05) is 0 Å². The molecule has 0 aliphatic carbocycles. The van der Waals surface area contributed by atoms with Gasteiger partial charge in [0.25, 0.3) is 0 Å². The standard InChI is InChI=1S/2C10H13.2C7H7.2C6H4.2Sn/c2*1-10(2,3)9-7-5-4-6-8-9;2*1-7-5-3-2-4-6-7;2*1-2-4-6-5-3-1;;/h2*5-8H,1-3H3;2*3-6H,1H3;2*1-4H;;. The quantitative estimate of drug-likeness (QED) is 0.192. The Labute approximate surface area is 297 Å². The summed E-state index contributed by atoms with van der Waals surface area (Å²) in [6.45, 7) is 18.4. The van der Waals surface area contributed by atoms with E-state index < -0.39 is 36.8 Å². The zero-order chi connectivity index (χ0) is 33.9. The maximum absolute atomic E-state index is 3.94. The molecule has 1 aliphatic rings. The van der Waals surface area contributed by atoms with Crippen molar-refractivity contribution in [1.82, 2.24) is 0 Å². The van der Waals surface area contributed by atoms with Crippen molar-refractivity contribution in [1.29, 1.82) is 0 Å². The van der Waals surface area contributed by atoms with Gasteiger partial charge in [0.05, 0.1) is 0 Å². The molecule has 1 aliphatic heterocycles. The summed E-state index contributed by atoms with van der Waals surface area (Å²) in [7, 11) is 0. The van der Waals surface area contributed by atoms with Crippen LogP contribution >= 0.6 is 0 Å². The van der Waals surface area contributed by atoms with Crippen LogP contribution < -0.4 is 28.6 Å². The number of hydrogen-bond donors (Lipinski definition) is 0. The summed E-state index contributed by atoms with van der Waals surface area (Å²) in [4.78, 5) is 0. The van der Waals surface area contributed by atoms with Crippen LogP contribution in [0.2, 0.25) is 0 Å². The third-order valence-corrected chi connectivity index (χ3v) is 42.8. The monoisotopic (exact) mass is 840 g/mol. The van der Waals surface area contributed by atoms with Gasteiger partial charge in [0.2, 0.25) is 0 Å². The van der Waals surface area contributed by atoms with Crippen LogP contribution in [-0.4, -0.2) is 36.8 Å². The van der Waals surface area contributed by atoms with E-state index in [-0.39, 0.29) is 10.8 Å². The Morgan fingerprint density at radius 3 is 0.771 bits per heavy atom. The number of rotatable bonds is 4. The van der Waals surface area contributed by atoms with Gasteiger partial charge in [-0.25, -0.2) is 0 Å². The van der Waals surface area contributed by atoms with Crippen LogP contribution in [0.5, 0.6) is 0 Å². The fourth-order valence-corrected chi connectivity index (χ4v) is 50.3. The van der Waals surface area contributed by atoms with Gasteiger partial charge in [0.1, 0.15) is 0 Å². The molecule has 6 aromatic carbocycles. The predicted molar refractivity (Wildman–Crippen MR) is 214 cm³/mol. The van der Waals surface area contributed by atoms with Crippen molar-refractivity contribution in [3.8, 4) is 0 Å². The molecule has 0 saturated heterocycles. The van der Waals surface area contributed by atoms with Crippen molar-refractivity contribution in [3.63, 3.8) is 0 Å². The van der Waals surface area contributed by atoms with Crippen molar-refractivity contribution in [3.05, 3.63) is 168 Å². The first kappa shape index (κ1) is 33.4. The van der Waals surface area contributed by atoms with Gasteiger partial charge in [-0.1, -0.05) is 0 Å². The van der Waals surface area contributed by atoms with E-state index in [0.717, 1.165) is 0 Å². The average Bonchev–Trinajstić information content (AvgIpc) is 3.08. The molecule has 0 amide bonds. The van der Waals surface area contributed by atoms with E-state index in [0.29, 0.717) is 0 Å². The second-order valence-electron chi connectivity index (χ2n) is 16.0.